The summed E-state index contributed by atoms with van der Waals surface area (Å²) in [6.45, 7) is 2.28. The van der Waals surface area contributed by atoms with Crippen molar-refractivity contribution < 1.29 is 9.53 Å². The molecule has 1 saturated carbocycles. The van der Waals surface area contributed by atoms with Crippen molar-refractivity contribution >= 4 is 5.91 Å². The maximum Gasteiger partial charge on any atom is 0.227 e. The van der Waals surface area contributed by atoms with Crippen LogP contribution in [0.1, 0.15) is 25.7 Å². The number of hydrogen-bond acceptors (Lipinski definition) is 3. The van der Waals surface area contributed by atoms with Gasteiger partial charge in [-0.15, -0.1) is 0 Å². The van der Waals surface area contributed by atoms with E-state index in [1.165, 1.54) is 0 Å². The minimum absolute atomic E-state index is 0.0903. The molecule has 0 radical (unpaired) electrons. The SMILES string of the molecule is CN(CC1CC(N)C1)C(=O)C1CCCOC1. The standard InChI is InChI=1S/C12H22N2O2/c1-14(7-9-5-11(13)6-9)12(15)10-3-2-4-16-8-10/h9-11H,2-8,13H2,1H3. The first-order valence-corrected chi connectivity index (χ1v) is 6.25. The van der Waals surface area contributed by atoms with Crippen LogP contribution >= 0.6 is 0 Å². The first-order valence-electron chi connectivity index (χ1n) is 6.25. The molecular formula is C12H22N2O2. The van der Waals surface area contributed by atoms with Gasteiger partial charge in [0.1, 0.15) is 0 Å². The van der Waals surface area contributed by atoms with Gasteiger partial charge in [0, 0.05) is 26.2 Å². The van der Waals surface area contributed by atoms with Gasteiger partial charge >= 0.3 is 0 Å². The summed E-state index contributed by atoms with van der Waals surface area (Å²) >= 11 is 0. The lowest BCUT2D eigenvalue weighted by atomic mass is 9.80. The highest BCUT2D eigenvalue weighted by atomic mass is 16.5. The van der Waals surface area contributed by atoms with Crippen LogP contribution in [0.2, 0.25) is 0 Å². The van der Waals surface area contributed by atoms with Crippen molar-refractivity contribution in [1.82, 2.24) is 4.90 Å². The molecule has 1 heterocycles. The van der Waals surface area contributed by atoms with E-state index in [1.807, 2.05) is 11.9 Å². The first kappa shape index (κ1) is 11.9. The van der Waals surface area contributed by atoms with Gasteiger partial charge in [0.05, 0.1) is 12.5 Å². The van der Waals surface area contributed by atoms with E-state index in [1.54, 1.807) is 0 Å². The highest BCUT2D eigenvalue weighted by Crippen LogP contribution is 2.27. The Morgan fingerprint density at radius 3 is 2.81 bits per heavy atom. The van der Waals surface area contributed by atoms with Crippen molar-refractivity contribution in [3.8, 4) is 0 Å². The summed E-state index contributed by atoms with van der Waals surface area (Å²) < 4.78 is 5.35. The fraction of sp³-hybridized carbons (Fsp3) is 0.917. The molecule has 1 aliphatic carbocycles. The second-order valence-electron chi connectivity index (χ2n) is 5.23. The van der Waals surface area contributed by atoms with E-state index in [2.05, 4.69) is 0 Å². The van der Waals surface area contributed by atoms with Crippen molar-refractivity contribution in [2.24, 2.45) is 17.6 Å². The largest absolute Gasteiger partial charge is 0.381 e. The van der Waals surface area contributed by atoms with Crippen LogP contribution < -0.4 is 5.73 Å². The zero-order valence-electron chi connectivity index (χ0n) is 10.0. The summed E-state index contributed by atoms with van der Waals surface area (Å²) in [5.41, 5.74) is 5.74. The lowest BCUT2D eigenvalue weighted by molar-refractivity contribution is -0.139. The summed E-state index contributed by atoms with van der Waals surface area (Å²) in [5.74, 6) is 0.959. The van der Waals surface area contributed by atoms with Crippen molar-refractivity contribution in [3.05, 3.63) is 0 Å². The number of hydrogen-bond donors (Lipinski definition) is 1. The molecule has 0 aromatic rings. The molecule has 0 aromatic carbocycles. The zero-order chi connectivity index (χ0) is 11.5. The average molecular weight is 226 g/mol. The number of nitrogens with two attached hydrogens (primary N) is 1. The van der Waals surface area contributed by atoms with E-state index in [0.29, 0.717) is 18.6 Å². The zero-order valence-corrected chi connectivity index (χ0v) is 10.0. The maximum atomic E-state index is 12.1. The maximum absolute atomic E-state index is 12.1. The van der Waals surface area contributed by atoms with E-state index >= 15 is 0 Å². The van der Waals surface area contributed by atoms with E-state index in [0.717, 1.165) is 38.8 Å². The van der Waals surface area contributed by atoms with E-state index in [4.69, 9.17) is 10.5 Å². The molecule has 2 fully saturated rings. The number of ether oxygens (including phenoxy) is 1. The van der Waals surface area contributed by atoms with Crippen molar-refractivity contribution in [2.45, 2.75) is 31.7 Å². The second-order valence-corrected chi connectivity index (χ2v) is 5.23. The van der Waals surface area contributed by atoms with E-state index in [9.17, 15) is 4.79 Å². The number of carbonyl (C=O) groups is 1. The van der Waals surface area contributed by atoms with Gasteiger partial charge in [0.2, 0.25) is 5.91 Å². The first-order chi connectivity index (χ1) is 7.66. The Morgan fingerprint density at radius 2 is 2.25 bits per heavy atom. The summed E-state index contributed by atoms with van der Waals surface area (Å²) in [7, 11) is 1.90. The van der Waals surface area contributed by atoms with Gasteiger partial charge in [-0.2, -0.15) is 0 Å². The third-order valence-electron chi connectivity index (χ3n) is 3.69. The van der Waals surface area contributed by atoms with Gasteiger partial charge < -0.3 is 15.4 Å². The number of nitrogens with zero attached hydrogens (tertiary/aromatic N) is 1. The summed E-state index contributed by atoms with van der Waals surface area (Å²) in [6.07, 6.45) is 4.13. The minimum Gasteiger partial charge on any atom is -0.381 e. The molecule has 0 bridgehead atoms. The molecule has 1 atom stereocenters. The Hall–Kier alpha value is -0.610. The number of rotatable bonds is 3. The Balaban J connectivity index is 1.74. The van der Waals surface area contributed by atoms with Crippen molar-refractivity contribution in [2.75, 3.05) is 26.8 Å². The Kier molecular flexibility index (Phi) is 3.82. The molecule has 0 spiro atoms. The molecule has 2 rings (SSSR count). The monoisotopic (exact) mass is 226 g/mol. The second kappa shape index (κ2) is 5.15. The third-order valence-corrected chi connectivity index (χ3v) is 3.69. The predicted molar refractivity (Wildman–Crippen MR) is 61.9 cm³/mol. The van der Waals surface area contributed by atoms with Crippen LogP contribution in [0.4, 0.5) is 0 Å². The van der Waals surface area contributed by atoms with Crippen LogP contribution in [0.3, 0.4) is 0 Å². The van der Waals surface area contributed by atoms with E-state index < -0.39 is 0 Å². The summed E-state index contributed by atoms with van der Waals surface area (Å²) in [6, 6.07) is 0.367. The molecule has 1 saturated heterocycles. The van der Waals surface area contributed by atoms with Gasteiger partial charge in [-0.05, 0) is 31.6 Å². The van der Waals surface area contributed by atoms with Gasteiger partial charge in [0.25, 0.3) is 0 Å². The van der Waals surface area contributed by atoms with Crippen LogP contribution in [-0.2, 0) is 9.53 Å². The van der Waals surface area contributed by atoms with Crippen LogP contribution in [0.5, 0.6) is 0 Å². The molecule has 1 aliphatic heterocycles. The smallest absolute Gasteiger partial charge is 0.227 e. The average Bonchev–Trinajstić information content (AvgIpc) is 2.27. The topological polar surface area (TPSA) is 55.6 Å². The molecule has 4 heteroatoms. The van der Waals surface area contributed by atoms with Crippen LogP contribution in [-0.4, -0.2) is 43.7 Å². The van der Waals surface area contributed by atoms with Crippen molar-refractivity contribution in [1.29, 1.82) is 0 Å². The molecule has 0 aromatic heterocycles. The highest BCUT2D eigenvalue weighted by Gasteiger charge is 2.30. The quantitative estimate of drug-likeness (QED) is 0.767. The fourth-order valence-corrected chi connectivity index (χ4v) is 2.66. The molecule has 1 amide bonds. The summed E-state index contributed by atoms with van der Waals surface area (Å²) in [4.78, 5) is 13.9. The molecular weight excluding hydrogens is 204 g/mol. The Labute approximate surface area is 97.1 Å². The number of carbonyl (C=O) groups excluding carboxylic acids is 1. The Morgan fingerprint density at radius 1 is 1.50 bits per heavy atom. The van der Waals surface area contributed by atoms with Gasteiger partial charge in [-0.1, -0.05) is 0 Å². The predicted octanol–water partition coefficient (Wildman–Crippen LogP) is 0.609. The lowest BCUT2D eigenvalue weighted by Gasteiger charge is -2.36. The molecule has 2 N–H and O–H groups in total. The molecule has 4 nitrogen and oxygen atoms in total. The van der Waals surface area contributed by atoms with Crippen molar-refractivity contribution in [3.63, 3.8) is 0 Å². The fourth-order valence-electron chi connectivity index (χ4n) is 2.66. The van der Waals surface area contributed by atoms with Gasteiger partial charge in [-0.25, -0.2) is 0 Å². The molecule has 16 heavy (non-hydrogen) atoms. The van der Waals surface area contributed by atoms with Crippen LogP contribution in [0, 0.1) is 11.8 Å². The normalized spacial score (nSPS) is 34.2. The highest BCUT2D eigenvalue weighted by molar-refractivity contribution is 5.78. The Bertz CT molecular complexity index is 245. The van der Waals surface area contributed by atoms with Crippen LogP contribution in [0.15, 0.2) is 0 Å². The van der Waals surface area contributed by atoms with Gasteiger partial charge in [-0.3, -0.25) is 4.79 Å². The van der Waals surface area contributed by atoms with Gasteiger partial charge in [0.15, 0.2) is 0 Å². The molecule has 1 unspecified atom stereocenters. The molecule has 92 valence electrons. The van der Waals surface area contributed by atoms with E-state index in [-0.39, 0.29) is 11.8 Å². The third kappa shape index (κ3) is 2.74. The minimum atomic E-state index is 0.0903. The van der Waals surface area contributed by atoms with Crippen LogP contribution in [0.25, 0.3) is 0 Å². The summed E-state index contributed by atoms with van der Waals surface area (Å²) in [5, 5.41) is 0. The lowest BCUT2D eigenvalue weighted by Crippen LogP contribution is -2.45. The number of amides is 1. The molecule has 2 aliphatic rings.